The molecule has 4 N–H and O–H groups in total. The molecular formula is C30H45N3O12PS2+. The highest BCUT2D eigenvalue weighted by Gasteiger charge is 2.59. The molecule has 1 unspecified atom stereocenters. The van der Waals surface area contributed by atoms with Gasteiger partial charge in [0.2, 0.25) is 12.7 Å². The molecule has 1 saturated heterocycles. The predicted molar refractivity (Wildman–Crippen MR) is 180 cm³/mol. The summed E-state index contributed by atoms with van der Waals surface area (Å²) in [7, 11) is -4.15. The number of ether oxygens (including phenoxy) is 2. The number of benzene rings is 1. The Bertz CT molecular complexity index is 1280. The second kappa shape index (κ2) is 19.4. The van der Waals surface area contributed by atoms with E-state index in [1.54, 1.807) is 58.9 Å². The second-order valence-electron chi connectivity index (χ2n) is 12.3. The largest absolute Gasteiger partial charge is 0.576 e. The first-order chi connectivity index (χ1) is 22.4. The predicted octanol–water partition coefficient (Wildman–Crippen LogP) is 3.12. The summed E-state index contributed by atoms with van der Waals surface area (Å²) in [6.45, 7) is 9.16. The second-order valence-corrected chi connectivity index (χ2v) is 16.2. The fourth-order valence-corrected chi connectivity index (χ4v) is 6.66. The minimum Gasteiger partial charge on any atom is -0.459 e. The Morgan fingerprint density at radius 1 is 1.04 bits per heavy atom. The Hall–Kier alpha value is -2.79. The van der Waals surface area contributed by atoms with E-state index in [0.717, 1.165) is 29.1 Å². The zero-order valence-electron chi connectivity index (χ0n) is 27.9. The van der Waals surface area contributed by atoms with Crippen molar-refractivity contribution in [1.82, 2.24) is 16.0 Å². The van der Waals surface area contributed by atoms with Crippen LogP contribution in [0.3, 0.4) is 0 Å². The molecule has 48 heavy (non-hydrogen) atoms. The Morgan fingerprint density at radius 2 is 1.73 bits per heavy atom. The SMILES string of the molecule is CC(=O)SCCNC(=O)CCNC(=O)[C@@H]1O[P+](O)(OCOC(=O)N[C@@H](CSC(=O)C(C)(C)C)C(=O)OCc2ccccc2)OCC1(C)C. The van der Waals surface area contributed by atoms with Crippen molar-refractivity contribution in [3.8, 4) is 0 Å². The van der Waals surface area contributed by atoms with Crippen LogP contribution in [-0.4, -0.2) is 89.1 Å². The summed E-state index contributed by atoms with van der Waals surface area (Å²) in [6.07, 6.45) is -2.38. The fourth-order valence-electron chi connectivity index (χ4n) is 3.67. The third kappa shape index (κ3) is 15.2. The van der Waals surface area contributed by atoms with Crippen LogP contribution in [0.5, 0.6) is 0 Å². The molecule has 3 amide bonds. The zero-order chi connectivity index (χ0) is 36.0. The molecule has 0 saturated carbocycles. The standard InChI is InChI=1S/C30H44N3O12PS2/c1-20(34)47-15-14-31-23(35)12-13-32-25(36)24-30(5,6)18-43-46(40,45-24)44-19-42-28(39)33-22(17-48-27(38)29(2,3)4)26(37)41-16-21-10-8-7-9-11-21/h7-11,22,24,40H,12-19H2,1-6H3,(H2-,31,32,33,35,36,39)/p+1/t22-,24-,46?/m0/s1. The van der Waals surface area contributed by atoms with Crippen molar-refractivity contribution in [2.75, 3.05) is 38.0 Å². The summed E-state index contributed by atoms with van der Waals surface area (Å²) in [5.74, 6) is -1.43. The number of carbonyl (C=O) groups excluding carboxylic acids is 6. The lowest BCUT2D eigenvalue weighted by molar-refractivity contribution is -0.147. The van der Waals surface area contributed by atoms with Crippen molar-refractivity contribution >= 4 is 65.8 Å². The van der Waals surface area contributed by atoms with Gasteiger partial charge in [-0.2, -0.15) is 9.42 Å². The molecular weight excluding hydrogens is 689 g/mol. The molecule has 15 nitrogen and oxygen atoms in total. The Labute approximate surface area is 289 Å². The van der Waals surface area contributed by atoms with Gasteiger partial charge in [0.1, 0.15) is 19.3 Å². The number of hydrogen-bond acceptors (Lipinski definition) is 14. The highest BCUT2D eigenvalue weighted by Crippen LogP contribution is 2.63. The van der Waals surface area contributed by atoms with Crippen molar-refractivity contribution < 1.29 is 56.7 Å². The normalized spacial score (nSPS) is 19.4. The Balaban J connectivity index is 1.89. The monoisotopic (exact) mass is 734 g/mol. The van der Waals surface area contributed by atoms with Gasteiger partial charge < -0.3 is 25.4 Å². The molecule has 3 atom stereocenters. The summed E-state index contributed by atoms with van der Waals surface area (Å²) in [6, 6.07) is 7.64. The van der Waals surface area contributed by atoms with Crippen LogP contribution < -0.4 is 16.0 Å². The third-order valence-electron chi connectivity index (χ3n) is 6.37. The van der Waals surface area contributed by atoms with Crippen molar-refractivity contribution in [2.45, 2.75) is 66.7 Å². The first-order valence-corrected chi connectivity index (χ1v) is 18.5. The number of thioether (sulfide) groups is 2. The number of alkyl carbamates (subject to hydrolysis) is 1. The van der Waals surface area contributed by atoms with E-state index in [4.69, 9.17) is 23.0 Å². The number of esters is 1. The Kier molecular flexibility index (Phi) is 16.7. The van der Waals surface area contributed by atoms with Crippen LogP contribution in [0.4, 0.5) is 4.79 Å². The molecule has 2 rings (SSSR count). The molecule has 1 aliphatic rings. The van der Waals surface area contributed by atoms with E-state index in [1.807, 2.05) is 6.07 Å². The van der Waals surface area contributed by atoms with E-state index in [1.165, 1.54) is 6.92 Å². The van der Waals surface area contributed by atoms with E-state index in [9.17, 15) is 33.7 Å². The maximum atomic E-state index is 12.9. The van der Waals surface area contributed by atoms with Crippen molar-refractivity contribution in [3.63, 3.8) is 0 Å². The van der Waals surface area contributed by atoms with Crippen LogP contribution in [0.25, 0.3) is 0 Å². The van der Waals surface area contributed by atoms with Crippen molar-refractivity contribution in [1.29, 1.82) is 0 Å². The summed E-state index contributed by atoms with van der Waals surface area (Å²) >= 11 is 1.95. The van der Waals surface area contributed by atoms with Crippen LogP contribution in [-0.2, 0) is 53.6 Å². The number of nitrogens with one attached hydrogen (secondary N) is 3. The maximum Gasteiger partial charge on any atom is 0.576 e. The molecule has 1 fully saturated rings. The highest BCUT2D eigenvalue weighted by atomic mass is 32.2. The lowest BCUT2D eigenvalue weighted by atomic mass is 9.87. The molecule has 0 radical (unpaired) electrons. The van der Waals surface area contributed by atoms with Gasteiger partial charge >= 0.3 is 20.2 Å². The van der Waals surface area contributed by atoms with Gasteiger partial charge in [0, 0.05) is 48.8 Å². The van der Waals surface area contributed by atoms with E-state index >= 15 is 0 Å². The van der Waals surface area contributed by atoms with Gasteiger partial charge in [-0.1, -0.05) is 88.5 Å². The van der Waals surface area contributed by atoms with E-state index in [2.05, 4.69) is 16.0 Å². The van der Waals surface area contributed by atoms with Gasteiger partial charge in [0.05, 0.1) is 0 Å². The minimum absolute atomic E-state index is 0.0170. The van der Waals surface area contributed by atoms with Crippen LogP contribution >= 0.6 is 31.7 Å². The quantitative estimate of drug-likeness (QED) is 0.0834. The summed E-state index contributed by atoms with van der Waals surface area (Å²) in [5, 5.41) is 7.33. The smallest absolute Gasteiger partial charge is 0.459 e. The highest BCUT2D eigenvalue weighted by molar-refractivity contribution is 8.13. The van der Waals surface area contributed by atoms with Gasteiger partial charge in [-0.3, -0.25) is 19.2 Å². The fraction of sp³-hybridized carbons (Fsp3) is 0.600. The lowest BCUT2D eigenvalue weighted by Crippen LogP contribution is -2.51. The number of amides is 3. The van der Waals surface area contributed by atoms with Gasteiger partial charge in [0.15, 0.2) is 16.3 Å². The number of hydrogen-bond donors (Lipinski definition) is 4. The van der Waals surface area contributed by atoms with Crippen molar-refractivity contribution in [2.24, 2.45) is 10.8 Å². The molecule has 0 aliphatic carbocycles. The molecule has 0 bridgehead atoms. The molecule has 268 valence electrons. The minimum atomic E-state index is -4.15. The van der Waals surface area contributed by atoms with Crippen LogP contribution in [0.2, 0.25) is 0 Å². The van der Waals surface area contributed by atoms with E-state index in [-0.39, 0.29) is 48.1 Å². The average molecular weight is 735 g/mol. The molecule has 0 aromatic heterocycles. The van der Waals surface area contributed by atoms with Gasteiger partial charge in [-0.25, -0.2) is 9.59 Å². The van der Waals surface area contributed by atoms with Crippen molar-refractivity contribution in [3.05, 3.63) is 35.9 Å². The lowest BCUT2D eigenvalue weighted by Gasteiger charge is -2.36. The first kappa shape index (κ1) is 41.4. The molecule has 18 heteroatoms. The summed E-state index contributed by atoms with van der Waals surface area (Å²) in [4.78, 5) is 84.6. The van der Waals surface area contributed by atoms with Crippen LogP contribution in [0.15, 0.2) is 30.3 Å². The molecule has 1 aromatic rings. The average Bonchev–Trinajstić information content (AvgIpc) is 3.01. The van der Waals surface area contributed by atoms with Gasteiger partial charge in [-0.05, 0) is 5.56 Å². The third-order valence-corrected chi connectivity index (χ3v) is 9.92. The molecule has 1 heterocycles. The van der Waals surface area contributed by atoms with Crippen LogP contribution in [0, 0.1) is 10.8 Å². The Morgan fingerprint density at radius 3 is 2.38 bits per heavy atom. The molecule has 1 aromatic carbocycles. The van der Waals surface area contributed by atoms with Gasteiger partial charge in [0.25, 0.3) is 5.91 Å². The number of carbonyl (C=O) groups is 6. The summed E-state index contributed by atoms with van der Waals surface area (Å²) < 4.78 is 26.4. The topological polar surface area (TPSA) is 205 Å². The first-order valence-electron chi connectivity index (χ1n) is 15.0. The van der Waals surface area contributed by atoms with E-state index < -0.39 is 55.9 Å². The molecule has 0 spiro atoms. The zero-order valence-corrected chi connectivity index (χ0v) is 30.4. The summed E-state index contributed by atoms with van der Waals surface area (Å²) in [5.41, 5.74) is -0.869. The van der Waals surface area contributed by atoms with Gasteiger partial charge in [-0.15, -0.1) is 9.05 Å². The van der Waals surface area contributed by atoms with E-state index in [0.29, 0.717) is 12.3 Å². The van der Waals surface area contributed by atoms with Crippen LogP contribution in [0.1, 0.15) is 53.5 Å². The number of rotatable bonds is 16. The maximum absolute atomic E-state index is 12.9. The molecule has 1 aliphatic heterocycles.